The molecule has 1 amide bonds. The molecule has 1 aliphatic rings. The van der Waals surface area contributed by atoms with Gasteiger partial charge >= 0.3 is 5.97 Å². The summed E-state index contributed by atoms with van der Waals surface area (Å²) in [6.45, 7) is 13.3. The maximum Gasteiger partial charge on any atom is 0.339 e. The second-order valence-electron chi connectivity index (χ2n) is 13.3. The van der Waals surface area contributed by atoms with Crippen molar-refractivity contribution in [2.24, 2.45) is 0 Å². The average Bonchev–Trinajstić information content (AvgIpc) is 3.45. The number of carbonyl (C=O) groups is 2. The third-order valence-electron chi connectivity index (χ3n) is 9.24. The van der Waals surface area contributed by atoms with Crippen molar-refractivity contribution >= 4 is 40.3 Å². The molecule has 0 radical (unpaired) electrons. The van der Waals surface area contributed by atoms with Crippen LogP contribution in [0.25, 0.3) is 22.2 Å². The Morgan fingerprint density at radius 3 is 2.44 bits per heavy atom. The third kappa shape index (κ3) is 5.78. The number of rotatable bonds is 6. The van der Waals surface area contributed by atoms with Crippen LogP contribution in [0.15, 0.2) is 67.0 Å². The van der Waals surface area contributed by atoms with Crippen LogP contribution in [0.2, 0.25) is 5.02 Å². The Morgan fingerprint density at radius 2 is 1.79 bits per heavy atom. The molecule has 0 bridgehead atoms. The first-order valence-electron chi connectivity index (χ1n) is 15.8. The number of hydrogen-bond acceptors (Lipinski definition) is 7. The zero-order valence-electron chi connectivity index (χ0n) is 28.1. The SMILES string of the molecule is COC(=O)c1c(C)cc(N2CCN(C(=O)c3ccc4c(-c5ccc(Cl)c(F)c5)cn(C(C)(C)c5ccccn5)c4n3)C(C)(C)C2)nc1C. The van der Waals surface area contributed by atoms with E-state index in [1.807, 2.05) is 80.6 Å². The van der Waals surface area contributed by atoms with Crippen molar-refractivity contribution in [2.75, 3.05) is 31.6 Å². The van der Waals surface area contributed by atoms with Gasteiger partial charge in [0.1, 0.15) is 23.0 Å². The van der Waals surface area contributed by atoms with Gasteiger partial charge in [-0.25, -0.2) is 19.2 Å². The molecule has 1 saturated heterocycles. The van der Waals surface area contributed by atoms with Gasteiger partial charge < -0.3 is 19.1 Å². The topological polar surface area (TPSA) is 93.5 Å². The number of methoxy groups -OCH3 is 1. The number of fused-ring (bicyclic) bond motifs is 1. The summed E-state index contributed by atoms with van der Waals surface area (Å²) in [5, 5.41) is 0.817. The van der Waals surface area contributed by atoms with Crippen LogP contribution in [0, 0.1) is 19.7 Å². The summed E-state index contributed by atoms with van der Waals surface area (Å²) in [4.78, 5) is 44.8. The van der Waals surface area contributed by atoms with Gasteiger partial charge in [-0.2, -0.15) is 0 Å². The van der Waals surface area contributed by atoms with Gasteiger partial charge in [-0.3, -0.25) is 9.78 Å². The molecule has 1 aliphatic heterocycles. The highest BCUT2D eigenvalue weighted by Crippen LogP contribution is 2.37. The fourth-order valence-corrected chi connectivity index (χ4v) is 6.76. The minimum Gasteiger partial charge on any atom is -0.465 e. The highest BCUT2D eigenvalue weighted by molar-refractivity contribution is 6.30. The molecule has 248 valence electrons. The molecule has 1 fully saturated rings. The Labute approximate surface area is 284 Å². The molecular formula is C37H38ClFN6O3. The molecule has 0 unspecified atom stereocenters. The van der Waals surface area contributed by atoms with E-state index in [-0.39, 0.29) is 10.9 Å². The zero-order chi connectivity index (χ0) is 34.5. The number of hydrogen-bond donors (Lipinski definition) is 0. The number of benzene rings is 1. The molecule has 9 nitrogen and oxygen atoms in total. The molecule has 1 aromatic carbocycles. The van der Waals surface area contributed by atoms with Crippen molar-refractivity contribution in [1.29, 1.82) is 0 Å². The van der Waals surface area contributed by atoms with Gasteiger partial charge in [0.15, 0.2) is 0 Å². The van der Waals surface area contributed by atoms with Gasteiger partial charge in [-0.15, -0.1) is 0 Å². The number of halogens is 2. The quantitative estimate of drug-likeness (QED) is 0.177. The average molecular weight is 669 g/mol. The molecule has 6 rings (SSSR count). The van der Waals surface area contributed by atoms with E-state index in [1.165, 1.54) is 19.2 Å². The molecule has 0 aliphatic carbocycles. The Kier molecular flexibility index (Phi) is 8.49. The van der Waals surface area contributed by atoms with Crippen LogP contribution in [0.1, 0.15) is 65.5 Å². The zero-order valence-corrected chi connectivity index (χ0v) is 28.9. The molecule has 48 heavy (non-hydrogen) atoms. The molecule has 11 heteroatoms. The molecule has 5 heterocycles. The lowest BCUT2D eigenvalue weighted by molar-refractivity contribution is 0.0506. The van der Waals surface area contributed by atoms with Gasteiger partial charge in [-0.1, -0.05) is 23.7 Å². The molecule has 0 spiro atoms. The van der Waals surface area contributed by atoms with Crippen molar-refractivity contribution in [1.82, 2.24) is 24.4 Å². The van der Waals surface area contributed by atoms with Gasteiger partial charge in [0, 0.05) is 43.0 Å². The second-order valence-corrected chi connectivity index (χ2v) is 13.7. The predicted octanol–water partition coefficient (Wildman–Crippen LogP) is 7.21. The minimum absolute atomic E-state index is 0.0456. The summed E-state index contributed by atoms with van der Waals surface area (Å²) in [7, 11) is 1.36. The number of anilines is 1. The van der Waals surface area contributed by atoms with E-state index < -0.39 is 22.9 Å². The van der Waals surface area contributed by atoms with Gasteiger partial charge in [0.2, 0.25) is 0 Å². The third-order valence-corrected chi connectivity index (χ3v) is 9.55. The van der Waals surface area contributed by atoms with Crippen LogP contribution in [-0.4, -0.2) is 68.6 Å². The van der Waals surface area contributed by atoms with Crippen molar-refractivity contribution < 1.29 is 18.7 Å². The lowest BCUT2D eigenvalue weighted by Crippen LogP contribution is -2.61. The number of carbonyl (C=O) groups excluding carboxylic acids is 2. The number of amides is 1. The largest absolute Gasteiger partial charge is 0.465 e. The summed E-state index contributed by atoms with van der Waals surface area (Å²) in [6, 6.07) is 16.0. The van der Waals surface area contributed by atoms with Crippen LogP contribution >= 0.6 is 11.6 Å². The van der Waals surface area contributed by atoms with E-state index in [2.05, 4.69) is 9.88 Å². The van der Waals surface area contributed by atoms with E-state index in [4.69, 9.17) is 26.3 Å². The lowest BCUT2D eigenvalue weighted by Gasteiger charge is -2.47. The molecule has 5 aromatic rings. The molecular weight excluding hydrogens is 631 g/mol. The van der Waals surface area contributed by atoms with Crippen LogP contribution in [0.3, 0.4) is 0 Å². The highest BCUT2D eigenvalue weighted by Gasteiger charge is 2.39. The Morgan fingerprint density at radius 1 is 1.02 bits per heavy atom. The number of piperazine rings is 1. The maximum absolute atomic E-state index is 14.6. The fourth-order valence-electron chi connectivity index (χ4n) is 6.64. The first-order valence-corrected chi connectivity index (χ1v) is 16.1. The number of ether oxygens (including phenoxy) is 1. The van der Waals surface area contributed by atoms with Gasteiger partial charge in [-0.05, 0) is 95.1 Å². The molecule has 4 aromatic heterocycles. The number of aryl methyl sites for hydroxylation is 2. The Hall–Kier alpha value is -4.83. The molecule has 0 atom stereocenters. The van der Waals surface area contributed by atoms with E-state index in [1.54, 1.807) is 25.3 Å². The van der Waals surface area contributed by atoms with Crippen molar-refractivity contribution in [3.63, 3.8) is 0 Å². The van der Waals surface area contributed by atoms with Gasteiger partial charge in [0.05, 0.1) is 40.2 Å². The van der Waals surface area contributed by atoms with Crippen LogP contribution in [0.5, 0.6) is 0 Å². The Bertz CT molecular complexity index is 2040. The lowest BCUT2D eigenvalue weighted by atomic mass is 9.97. The van der Waals surface area contributed by atoms with Crippen LogP contribution in [0.4, 0.5) is 10.2 Å². The Balaban J connectivity index is 1.36. The fraction of sp³-hybridized carbons (Fsp3) is 0.324. The van der Waals surface area contributed by atoms with Crippen molar-refractivity contribution in [2.45, 2.75) is 52.6 Å². The summed E-state index contributed by atoms with van der Waals surface area (Å²) < 4.78 is 21.6. The van der Waals surface area contributed by atoms with E-state index in [0.717, 1.165) is 28.0 Å². The first-order chi connectivity index (χ1) is 22.7. The number of esters is 1. The molecule has 0 N–H and O–H groups in total. The highest BCUT2D eigenvalue weighted by atomic mass is 35.5. The van der Waals surface area contributed by atoms with Crippen LogP contribution < -0.4 is 4.90 Å². The summed E-state index contributed by atoms with van der Waals surface area (Å²) in [5.41, 5.74) is 3.74. The van der Waals surface area contributed by atoms with Crippen molar-refractivity contribution in [3.05, 3.63) is 106 Å². The normalized spacial score (nSPS) is 14.8. The summed E-state index contributed by atoms with van der Waals surface area (Å²) in [6.07, 6.45) is 3.68. The summed E-state index contributed by atoms with van der Waals surface area (Å²) in [5.74, 6) is -0.366. The second kappa shape index (κ2) is 12.3. The first kappa shape index (κ1) is 33.1. The van der Waals surface area contributed by atoms with E-state index in [9.17, 15) is 14.0 Å². The minimum atomic E-state index is -0.658. The number of aromatic nitrogens is 4. The monoisotopic (exact) mass is 668 g/mol. The smallest absolute Gasteiger partial charge is 0.339 e. The van der Waals surface area contributed by atoms with E-state index in [0.29, 0.717) is 47.8 Å². The van der Waals surface area contributed by atoms with E-state index >= 15 is 0 Å². The standard InChI is InChI=1S/C37H38ClFN6O3/c1-22-18-31(41-23(2)32(22)35(47)48-7)43-16-17-44(36(3,4)21-43)34(46)29-14-12-25-26(24-11-13-27(38)28(39)19-24)20-45(33(25)42-29)37(5,6)30-10-8-9-15-40-30/h8-15,18-20H,16-17,21H2,1-7H3. The number of pyridine rings is 3. The predicted molar refractivity (Wildman–Crippen MR) is 185 cm³/mol. The summed E-state index contributed by atoms with van der Waals surface area (Å²) >= 11 is 6.01. The number of nitrogens with zero attached hydrogens (tertiary/aromatic N) is 6. The molecule has 0 saturated carbocycles. The van der Waals surface area contributed by atoms with Gasteiger partial charge in [0.25, 0.3) is 5.91 Å². The van der Waals surface area contributed by atoms with Crippen LogP contribution in [-0.2, 0) is 10.3 Å². The van der Waals surface area contributed by atoms with Crippen molar-refractivity contribution in [3.8, 4) is 11.1 Å². The maximum atomic E-state index is 14.6.